The highest BCUT2D eigenvalue weighted by Crippen LogP contribution is 2.23. The zero-order valence-electron chi connectivity index (χ0n) is 14.6. The Hall–Kier alpha value is -2.35. The molecule has 1 amide bonds. The van der Waals surface area contributed by atoms with Gasteiger partial charge >= 0.3 is 0 Å². The minimum Gasteiger partial charge on any atom is -0.304 e. The Morgan fingerprint density at radius 1 is 0.870 bits per heavy atom. The van der Waals surface area contributed by atoms with Crippen LogP contribution in [0.5, 0.6) is 0 Å². The standard InChI is InChI=1S/C17H15NO.2C2H6/c19-17(15-9-4-1-5-10-15)18-13-7-11-14-8-3-2-6-12-16(14)18;2*1-2/h1,3-12H,2,13H2;2*1-2H3. The molecule has 0 N–H and O–H groups in total. The molecule has 0 saturated carbocycles. The van der Waals surface area contributed by atoms with Gasteiger partial charge in [0, 0.05) is 12.1 Å². The van der Waals surface area contributed by atoms with Crippen molar-refractivity contribution in [2.75, 3.05) is 6.54 Å². The van der Waals surface area contributed by atoms with E-state index in [1.165, 1.54) is 0 Å². The second kappa shape index (κ2) is 10.4. The van der Waals surface area contributed by atoms with Crippen molar-refractivity contribution in [2.45, 2.75) is 34.1 Å². The van der Waals surface area contributed by atoms with E-state index in [2.05, 4.69) is 24.3 Å². The molecule has 3 rings (SSSR count). The molecule has 0 unspecified atom stereocenters. The summed E-state index contributed by atoms with van der Waals surface area (Å²) in [6.07, 6.45) is 13.3. The Labute approximate surface area is 140 Å². The van der Waals surface area contributed by atoms with E-state index in [1.807, 2.05) is 75.1 Å². The fourth-order valence-electron chi connectivity index (χ4n) is 2.33. The molecule has 1 aliphatic heterocycles. The van der Waals surface area contributed by atoms with Gasteiger partial charge in [0.1, 0.15) is 0 Å². The molecule has 122 valence electrons. The molecule has 2 aliphatic rings. The molecule has 2 nitrogen and oxygen atoms in total. The van der Waals surface area contributed by atoms with E-state index in [4.69, 9.17) is 0 Å². The van der Waals surface area contributed by atoms with Crippen LogP contribution in [0.4, 0.5) is 0 Å². The summed E-state index contributed by atoms with van der Waals surface area (Å²) < 4.78 is 0. The molecule has 1 aromatic carbocycles. The van der Waals surface area contributed by atoms with Crippen LogP contribution in [-0.4, -0.2) is 17.4 Å². The van der Waals surface area contributed by atoms with E-state index in [0.717, 1.165) is 23.3 Å². The SMILES string of the molecule is CC.CC.O=C(c1ccccc1)N1CC=CC2=C1C=CCC=C2. The van der Waals surface area contributed by atoms with E-state index in [9.17, 15) is 4.79 Å². The molecule has 0 atom stereocenters. The topological polar surface area (TPSA) is 20.3 Å². The Balaban J connectivity index is 0.000000615. The normalized spacial score (nSPS) is 14.9. The van der Waals surface area contributed by atoms with Gasteiger partial charge in [0.2, 0.25) is 0 Å². The van der Waals surface area contributed by atoms with E-state index < -0.39 is 0 Å². The third kappa shape index (κ3) is 4.82. The predicted molar refractivity (Wildman–Crippen MR) is 99.2 cm³/mol. The van der Waals surface area contributed by atoms with E-state index in [-0.39, 0.29) is 5.91 Å². The summed E-state index contributed by atoms with van der Waals surface area (Å²) in [6, 6.07) is 9.43. The van der Waals surface area contributed by atoms with Crippen LogP contribution in [0.3, 0.4) is 0 Å². The van der Waals surface area contributed by atoms with Crippen molar-refractivity contribution in [1.82, 2.24) is 4.90 Å². The average molecular weight is 309 g/mol. The first-order chi connectivity index (χ1) is 11.4. The van der Waals surface area contributed by atoms with Gasteiger partial charge < -0.3 is 4.90 Å². The lowest BCUT2D eigenvalue weighted by molar-refractivity contribution is 0.0822. The van der Waals surface area contributed by atoms with Gasteiger partial charge in [-0.3, -0.25) is 4.79 Å². The van der Waals surface area contributed by atoms with Crippen LogP contribution in [-0.2, 0) is 0 Å². The van der Waals surface area contributed by atoms with E-state index >= 15 is 0 Å². The smallest absolute Gasteiger partial charge is 0.258 e. The van der Waals surface area contributed by atoms with Crippen molar-refractivity contribution in [1.29, 1.82) is 0 Å². The molecule has 1 aromatic rings. The Bertz CT molecular complexity index is 606. The van der Waals surface area contributed by atoms with Crippen LogP contribution in [0.2, 0.25) is 0 Å². The van der Waals surface area contributed by atoms with Crippen molar-refractivity contribution in [2.24, 2.45) is 0 Å². The lowest BCUT2D eigenvalue weighted by Gasteiger charge is -2.26. The highest BCUT2D eigenvalue weighted by atomic mass is 16.2. The highest BCUT2D eigenvalue weighted by Gasteiger charge is 2.21. The number of nitrogens with zero attached hydrogens (tertiary/aromatic N) is 1. The minimum atomic E-state index is 0.0531. The molecular formula is C21H27NO. The first-order valence-corrected chi connectivity index (χ1v) is 8.47. The first-order valence-electron chi connectivity index (χ1n) is 8.47. The van der Waals surface area contributed by atoms with Gasteiger partial charge in [0.25, 0.3) is 5.91 Å². The van der Waals surface area contributed by atoms with E-state index in [1.54, 1.807) is 0 Å². The van der Waals surface area contributed by atoms with Crippen molar-refractivity contribution >= 4 is 5.91 Å². The number of amides is 1. The number of carbonyl (C=O) groups excluding carboxylic acids is 1. The summed E-state index contributed by atoms with van der Waals surface area (Å²) in [5.74, 6) is 0.0531. The fraction of sp³-hybridized carbons (Fsp3) is 0.286. The lowest BCUT2D eigenvalue weighted by Crippen LogP contribution is -2.32. The summed E-state index contributed by atoms with van der Waals surface area (Å²) in [5.41, 5.74) is 2.82. The molecule has 2 heteroatoms. The van der Waals surface area contributed by atoms with Gasteiger partial charge in [-0.15, -0.1) is 0 Å². The number of rotatable bonds is 1. The number of hydrogen-bond donors (Lipinski definition) is 0. The zero-order valence-corrected chi connectivity index (χ0v) is 14.6. The van der Waals surface area contributed by atoms with Gasteiger partial charge in [-0.25, -0.2) is 0 Å². The summed E-state index contributed by atoms with van der Waals surface area (Å²) in [4.78, 5) is 14.4. The third-order valence-electron chi connectivity index (χ3n) is 3.28. The number of carbonyl (C=O) groups is 1. The van der Waals surface area contributed by atoms with Crippen molar-refractivity contribution < 1.29 is 4.79 Å². The monoisotopic (exact) mass is 309 g/mol. The maximum atomic E-state index is 12.6. The molecule has 0 aromatic heterocycles. The third-order valence-corrected chi connectivity index (χ3v) is 3.28. The zero-order chi connectivity index (χ0) is 17.1. The van der Waals surface area contributed by atoms with Gasteiger partial charge in [-0.2, -0.15) is 0 Å². The molecule has 0 bridgehead atoms. The molecule has 0 spiro atoms. The average Bonchev–Trinajstić information content (AvgIpc) is 2.90. The predicted octanol–water partition coefficient (Wildman–Crippen LogP) is 5.52. The summed E-state index contributed by atoms with van der Waals surface area (Å²) in [6.45, 7) is 8.63. The van der Waals surface area contributed by atoms with Gasteiger partial charge in [-0.05, 0) is 30.2 Å². The quantitative estimate of drug-likeness (QED) is 0.668. The van der Waals surface area contributed by atoms with Crippen LogP contribution in [0.15, 0.2) is 78.1 Å². The largest absolute Gasteiger partial charge is 0.304 e. The highest BCUT2D eigenvalue weighted by molar-refractivity contribution is 5.96. The molecule has 1 heterocycles. The number of benzene rings is 1. The summed E-state index contributed by atoms with van der Waals surface area (Å²) in [7, 11) is 0. The van der Waals surface area contributed by atoms with E-state index in [0.29, 0.717) is 6.54 Å². The fourth-order valence-corrected chi connectivity index (χ4v) is 2.33. The van der Waals surface area contributed by atoms with Crippen LogP contribution in [0.25, 0.3) is 0 Å². The molecular weight excluding hydrogens is 282 g/mol. The molecule has 0 saturated heterocycles. The number of hydrogen-bond acceptors (Lipinski definition) is 1. The Kier molecular flexibility index (Phi) is 8.45. The van der Waals surface area contributed by atoms with Crippen molar-refractivity contribution in [3.8, 4) is 0 Å². The number of allylic oxidation sites excluding steroid dienone is 6. The van der Waals surface area contributed by atoms with Crippen LogP contribution in [0, 0.1) is 0 Å². The van der Waals surface area contributed by atoms with Gasteiger partial charge in [0.15, 0.2) is 0 Å². The molecule has 23 heavy (non-hydrogen) atoms. The van der Waals surface area contributed by atoms with Crippen LogP contribution < -0.4 is 0 Å². The summed E-state index contributed by atoms with van der Waals surface area (Å²) in [5, 5.41) is 0. The summed E-state index contributed by atoms with van der Waals surface area (Å²) >= 11 is 0. The lowest BCUT2D eigenvalue weighted by atomic mass is 10.1. The van der Waals surface area contributed by atoms with Crippen molar-refractivity contribution in [3.05, 3.63) is 83.6 Å². The minimum absolute atomic E-state index is 0.0531. The Morgan fingerprint density at radius 3 is 2.17 bits per heavy atom. The second-order valence-electron chi connectivity index (χ2n) is 4.57. The maximum Gasteiger partial charge on any atom is 0.258 e. The first kappa shape index (κ1) is 18.7. The van der Waals surface area contributed by atoms with Gasteiger partial charge in [0.05, 0.1) is 5.70 Å². The Morgan fingerprint density at radius 2 is 1.48 bits per heavy atom. The van der Waals surface area contributed by atoms with Gasteiger partial charge in [-0.1, -0.05) is 76.3 Å². The second-order valence-corrected chi connectivity index (χ2v) is 4.57. The maximum absolute atomic E-state index is 12.6. The molecule has 0 radical (unpaired) electrons. The molecule has 0 fully saturated rings. The van der Waals surface area contributed by atoms with Crippen LogP contribution in [0.1, 0.15) is 44.5 Å². The van der Waals surface area contributed by atoms with Crippen molar-refractivity contribution in [3.63, 3.8) is 0 Å². The van der Waals surface area contributed by atoms with Crippen LogP contribution >= 0.6 is 0 Å². The molecule has 1 aliphatic carbocycles.